The van der Waals surface area contributed by atoms with Crippen molar-refractivity contribution in [2.45, 2.75) is 89.6 Å². The molecule has 0 amide bonds. The zero-order valence-electron chi connectivity index (χ0n) is 23.2. The van der Waals surface area contributed by atoms with E-state index in [9.17, 15) is 0 Å². The van der Waals surface area contributed by atoms with Gasteiger partial charge >= 0.3 is 0 Å². The Labute approximate surface area is 220 Å². The maximum Gasteiger partial charge on any atom is 0.0708 e. The van der Waals surface area contributed by atoms with Crippen LogP contribution < -0.4 is 0 Å². The van der Waals surface area contributed by atoms with E-state index in [2.05, 4.69) is 6.92 Å². The van der Waals surface area contributed by atoms with Gasteiger partial charge in [0.2, 0.25) is 0 Å². The fourth-order valence-electron chi connectivity index (χ4n) is 4.47. The van der Waals surface area contributed by atoms with Crippen molar-refractivity contribution in [3.63, 3.8) is 0 Å². The van der Waals surface area contributed by atoms with Gasteiger partial charge in [0.25, 0.3) is 0 Å². The first-order valence-corrected chi connectivity index (χ1v) is 14.5. The van der Waals surface area contributed by atoms with Gasteiger partial charge in [-0.25, -0.2) is 0 Å². The lowest BCUT2D eigenvalue weighted by Crippen LogP contribution is -2.36. The van der Waals surface area contributed by atoms with E-state index < -0.39 is 0 Å². The first kappa shape index (κ1) is 33.7. The molecule has 1 aliphatic rings. The molecule has 0 aromatic heterocycles. The Morgan fingerprint density at radius 2 is 0.917 bits per heavy atom. The molecular formula is C28H56O8. The first-order valence-electron chi connectivity index (χ1n) is 14.5. The Morgan fingerprint density at radius 1 is 0.500 bits per heavy atom. The maximum absolute atomic E-state index is 8.58. The molecule has 216 valence electrons. The van der Waals surface area contributed by atoms with E-state index in [1.165, 1.54) is 77.0 Å². The smallest absolute Gasteiger partial charge is 0.0708 e. The fraction of sp³-hybridized carbons (Fsp3) is 1.00. The van der Waals surface area contributed by atoms with Gasteiger partial charge in [-0.3, -0.25) is 0 Å². The van der Waals surface area contributed by atoms with Crippen LogP contribution in [0, 0.1) is 0 Å². The number of aliphatic hydroxyl groups is 1. The van der Waals surface area contributed by atoms with Crippen molar-refractivity contribution in [3.8, 4) is 0 Å². The third-order valence-electron chi connectivity index (χ3n) is 6.48. The van der Waals surface area contributed by atoms with Crippen LogP contribution in [0.1, 0.15) is 84.0 Å². The molecule has 0 spiro atoms. The molecule has 0 heterocycles. The molecule has 0 radical (unpaired) electrons. The summed E-state index contributed by atoms with van der Waals surface area (Å²) in [6, 6.07) is 0. The second-order valence-electron chi connectivity index (χ2n) is 9.51. The highest BCUT2D eigenvalue weighted by Gasteiger charge is 2.32. The van der Waals surface area contributed by atoms with Gasteiger partial charge in [-0.1, -0.05) is 64.7 Å². The minimum absolute atomic E-state index is 0.0390. The molecule has 1 aliphatic carbocycles. The Bertz CT molecular complexity index is 432. The van der Waals surface area contributed by atoms with Gasteiger partial charge in [0.1, 0.15) is 0 Å². The average molecular weight is 521 g/mol. The molecule has 1 fully saturated rings. The molecule has 0 atom stereocenters. The SMILES string of the molecule is CCCCCCCCC1(OCCOCCOCCOCCOCCOCCOCCO)CCCCC1. The van der Waals surface area contributed by atoms with E-state index in [1.54, 1.807) is 0 Å². The predicted octanol–water partition coefficient (Wildman–Crippen LogP) is 4.55. The molecule has 0 aromatic carbocycles. The highest BCUT2D eigenvalue weighted by molar-refractivity contribution is 4.84. The van der Waals surface area contributed by atoms with E-state index >= 15 is 0 Å². The van der Waals surface area contributed by atoms with Crippen molar-refractivity contribution >= 4 is 0 Å². The van der Waals surface area contributed by atoms with E-state index in [-0.39, 0.29) is 12.2 Å². The summed E-state index contributed by atoms with van der Waals surface area (Å²) in [5.74, 6) is 0. The molecule has 1 rings (SSSR count). The average Bonchev–Trinajstić information content (AvgIpc) is 2.90. The molecule has 0 saturated heterocycles. The molecule has 1 saturated carbocycles. The normalized spacial score (nSPS) is 15.5. The third-order valence-corrected chi connectivity index (χ3v) is 6.48. The quantitative estimate of drug-likeness (QED) is 0.150. The van der Waals surface area contributed by atoms with Crippen molar-refractivity contribution in [3.05, 3.63) is 0 Å². The molecule has 0 unspecified atom stereocenters. The van der Waals surface area contributed by atoms with Crippen molar-refractivity contribution in [1.29, 1.82) is 0 Å². The number of hydrogen-bond acceptors (Lipinski definition) is 8. The van der Waals surface area contributed by atoms with Crippen LogP contribution in [0.4, 0.5) is 0 Å². The molecular weight excluding hydrogens is 464 g/mol. The van der Waals surface area contributed by atoms with E-state index in [0.717, 1.165) is 0 Å². The Morgan fingerprint density at radius 3 is 1.39 bits per heavy atom. The van der Waals surface area contributed by atoms with Gasteiger partial charge in [-0.2, -0.15) is 0 Å². The lowest BCUT2D eigenvalue weighted by atomic mass is 9.81. The largest absolute Gasteiger partial charge is 0.394 e. The van der Waals surface area contributed by atoms with Crippen LogP contribution in [0.3, 0.4) is 0 Å². The second kappa shape index (κ2) is 26.3. The van der Waals surface area contributed by atoms with Gasteiger partial charge in [-0.15, -0.1) is 0 Å². The molecule has 1 N–H and O–H groups in total. The zero-order chi connectivity index (χ0) is 25.8. The van der Waals surface area contributed by atoms with E-state index in [4.69, 9.17) is 38.3 Å². The standard InChI is InChI=1S/C28H56O8/c1-2-3-4-5-6-8-11-28(12-9-7-10-13-28)36-27-26-35-25-24-34-23-22-33-21-20-32-19-18-31-17-16-30-15-14-29/h29H,2-27H2,1H3. The summed E-state index contributed by atoms with van der Waals surface area (Å²) >= 11 is 0. The first-order chi connectivity index (χ1) is 17.8. The predicted molar refractivity (Wildman–Crippen MR) is 142 cm³/mol. The lowest BCUT2D eigenvalue weighted by Gasteiger charge is -2.37. The van der Waals surface area contributed by atoms with Crippen LogP contribution in [0.25, 0.3) is 0 Å². The highest BCUT2D eigenvalue weighted by atomic mass is 16.6. The van der Waals surface area contributed by atoms with Gasteiger partial charge in [-0.05, 0) is 19.3 Å². The van der Waals surface area contributed by atoms with Crippen LogP contribution in [0.15, 0.2) is 0 Å². The second-order valence-corrected chi connectivity index (χ2v) is 9.51. The van der Waals surface area contributed by atoms with Crippen molar-refractivity contribution in [2.75, 3.05) is 92.5 Å². The topological polar surface area (TPSA) is 84.8 Å². The number of hydrogen-bond donors (Lipinski definition) is 1. The Hall–Kier alpha value is -0.320. The number of rotatable bonds is 28. The summed E-state index contributed by atoms with van der Waals surface area (Å²) in [4.78, 5) is 0. The van der Waals surface area contributed by atoms with Crippen LogP contribution in [-0.2, 0) is 33.2 Å². The number of aliphatic hydroxyl groups excluding tert-OH is 1. The van der Waals surface area contributed by atoms with Crippen LogP contribution >= 0.6 is 0 Å². The summed E-state index contributed by atoms with van der Waals surface area (Å²) < 4.78 is 39.1. The molecule has 8 nitrogen and oxygen atoms in total. The number of unbranched alkanes of at least 4 members (excludes halogenated alkanes) is 5. The van der Waals surface area contributed by atoms with Crippen molar-refractivity contribution < 1.29 is 38.3 Å². The van der Waals surface area contributed by atoms with E-state index in [0.29, 0.717) is 85.9 Å². The monoisotopic (exact) mass is 520 g/mol. The summed E-state index contributed by atoms with van der Waals surface area (Å²) in [7, 11) is 0. The van der Waals surface area contributed by atoms with Gasteiger partial charge in [0.05, 0.1) is 98.1 Å². The minimum Gasteiger partial charge on any atom is -0.394 e. The van der Waals surface area contributed by atoms with Crippen molar-refractivity contribution in [2.24, 2.45) is 0 Å². The maximum atomic E-state index is 8.58. The van der Waals surface area contributed by atoms with Crippen LogP contribution in [-0.4, -0.2) is 103 Å². The zero-order valence-corrected chi connectivity index (χ0v) is 23.2. The summed E-state index contributed by atoms with van der Waals surface area (Å²) in [5.41, 5.74) is 0.104. The summed E-state index contributed by atoms with van der Waals surface area (Å²) in [5, 5.41) is 8.58. The Kier molecular flexibility index (Phi) is 24.6. The number of ether oxygens (including phenoxy) is 7. The van der Waals surface area contributed by atoms with Crippen molar-refractivity contribution in [1.82, 2.24) is 0 Å². The molecule has 0 bridgehead atoms. The molecule has 36 heavy (non-hydrogen) atoms. The third kappa shape index (κ3) is 20.7. The molecule has 8 heteroatoms. The van der Waals surface area contributed by atoms with Crippen LogP contribution in [0.5, 0.6) is 0 Å². The molecule has 0 aliphatic heterocycles. The van der Waals surface area contributed by atoms with Gasteiger partial charge in [0, 0.05) is 0 Å². The summed E-state index contributed by atoms with van der Waals surface area (Å²) in [6.45, 7) is 9.36. The highest BCUT2D eigenvalue weighted by Crippen LogP contribution is 2.36. The van der Waals surface area contributed by atoms with Crippen LogP contribution in [0.2, 0.25) is 0 Å². The molecule has 0 aromatic rings. The minimum atomic E-state index is 0.0390. The Balaban J connectivity index is 1.85. The lowest BCUT2D eigenvalue weighted by molar-refractivity contribution is -0.0966. The fourth-order valence-corrected chi connectivity index (χ4v) is 4.47. The van der Waals surface area contributed by atoms with Gasteiger partial charge < -0.3 is 38.3 Å². The van der Waals surface area contributed by atoms with Gasteiger partial charge in [0.15, 0.2) is 0 Å². The summed E-state index contributed by atoms with van der Waals surface area (Å²) in [6.07, 6.45) is 15.6. The van der Waals surface area contributed by atoms with E-state index in [1.807, 2.05) is 0 Å².